The third-order valence-electron chi connectivity index (χ3n) is 6.15. The molecule has 206 valence electrons. The lowest BCUT2D eigenvalue weighted by Crippen LogP contribution is -2.18. The summed E-state index contributed by atoms with van der Waals surface area (Å²) >= 11 is 0. The number of sulfone groups is 1. The van der Waals surface area contributed by atoms with Crippen LogP contribution in [0.15, 0.2) is 101 Å². The van der Waals surface area contributed by atoms with Gasteiger partial charge in [-0.05, 0) is 65.7 Å². The van der Waals surface area contributed by atoms with E-state index < -0.39 is 27.1 Å². The number of nitrogens with zero attached hydrogens (tertiary/aromatic N) is 3. The monoisotopic (exact) mass is 585 g/mol. The SMILES string of the molecule is COc1cc(-c2cccc(C(F)(F)F)c2)ccc1-n1c(=O)ccc2cc(S(=O)(=O)Cc3ccncn3)ccc21.P. The van der Waals surface area contributed by atoms with Crippen molar-refractivity contribution >= 4 is 30.6 Å². The Kier molecular flexibility index (Phi) is 8.09. The number of pyridine rings is 1. The minimum Gasteiger partial charge on any atom is -0.495 e. The lowest BCUT2D eigenvalue weighted by molar-refractivity contribution is -0.137. The third-order valence-corrected chi connectivity index (χ3v) is 7.80. The molecule has 0 radical (unpaired) electrons. The van der Waals surface area contributed by atoms with Gasteiger partial charge >= 0.3 is 6.18 Å². The van der Waals surface area contributed by atoms with Crippen molar-refractivity contribution in [3.05, 3.63) is 113 Å². The molecule has 7 nitrogen and oxygen atoms in total. The van der Waals surface area contributed by atoms with Gasteiger partial charge in [-0.15, -0.1) is 0 Å². The van der Waals surface area contributed by atoms with Crippen LogP contribution in [-0.4, -0.2) is 30.1 Å². The quantitative estimate of drug-likeness (QED) is 0.244. The van der Waals surface area contributed by atoms with Crippen LogP contribution >= 0.6 is 9.90 Å². The smallest absolute Gasteiger partial charge is 0.416 e. The second kappa shape index (κ2) is 11.2. The van der Waals surface area contributed by atoms with Crippen LogP contribution in [0.1, 0.15) is 11.3 Å². The molecule has 0 saturated carbocycles. The van der Waals surface area contributed by atoms with Gasteiger partial charge in [-0.3, -0.25) is 9.36 Å². The number of benzene rings is 3. The first-order valence-corrected chi connectivity index (χ1v) is 13.2. The lowest BCUT2D eigenvalue weighted by Gasteiger charge is -2.16. The van der Waals surface area contributed by atoms with Gasteiger partial charge in [-0.1, -0.05) is 18.2 Å². The van der Waals surface area contributed by atoms with E-state index in [0.29, 0.717) is 33.4 Å². The normalized spacial score (nSPS) is 11.7. The van der Waals surface area contributed by atoms with Crippen molar-refractivity contribution in [2.24, 2.45) is 0 Å². The molecule has 0 aliphatic carbocycles. The van der Waals surface area contributed by atoms with Crippen LogP contribution in [0, 0.1) is 0 Å². The second-order valence-electron chi connectivity index (χ2n) is 8.65. The zero-order valence-corrected chi connectivity index (χ0v) is 23.3. The Hall–Kier alpha value is -4.08. The molecule has 3 aromatic carbocycles. The molecule has 5 aromatic rings. The molecular weight excluding hydrogens is 562 g/mol. The first kappa shape index (κ1) is 28.9. The summed E-state index contributed by atoms with van der Waals surface area (Å²) in [4.78, 5) is 20.8. The Bertz CT molecular complexity index is 1860. The van der Waals surface area contributed by atoms with Crippen LogP contribution in [0.2, 0.25) is 0 Å². The topological polar surface area (TPSA) is 91.2 Å². The maximum Gasteiger partial charge on any atom is 0.416 e. The summed E-state index contributed by atoms with van der Waals surface area (Å²) in [6.45, 7) is 0. The molecule has 40 heavy (non-hydrogen) atoms. The van der Waals surface area contributed by atoms with E-state index in [2.05, 4.69) is 9.97 Å². The van der Waals surface area contributed by atoms with Gasteiger partial charge in [0.15, 0.2) is 9.84 Å². The van der Waals surface area contributed by atoms with Gasteiger partial charge in [-0.25, -0.2) is 18.4 Å². The van der Waals surface area contributed by atoms with Gasteiger partial charge in [0, 0.05) is 17.6 Å². The number of hydrogen-bond acceptors (Lipinski definition) is 6. The molecule has 12 heteroatoms. The van der Waals surface area contributed by atoms with Crippen molar-refractivity contribution in [3.63, 3.8) is 0 Å². The summed E-state index contributed by atoms with van der Waals surface area (Å²) in [7, 11) is -2.35. The van der Waals surface area contributed by atoms with E-state index in [9.17, 15) is 26.4 Å². The molecule has 0 saturated heterocycles. The van der Waals surface area contributed by atoms with E-state index in [0.717, 1.165) is 12.1 Å². The van der Waals surface area contributed by atoms with E-state index in [1.807, 2.05) is 0 Å². The van der Waals surface area contributed by atoms with E-state index in [1.54, 1.807) is 24.3 Å². The fourth-order valence-corrected chi connectivity index (χ4v) is 5.57. The summed E-state index contributed by atoms with van der Waals surface area (Å²) in [5.41, 5.74) is 0.740. The summed E-state index contributed by atoms with van der Waals surface area (Å²) in [5, 5.41) is 0.488. The Morgan fingerprint density at radius 1 is 0.925 bits per heavy atom. The molecule has 0 aliphatic heterocycles. The van der Waals surface area contributed by atoms with Gasteiger partial charge in [-0.2, -0.15) is 23.1 Å². The highest BCUT2D eigenvalue weighted by Crippen LogP contribution is 2.35. The maximum atomic E-state index is 13.2. The molecule has 1 unspecified atom stereocenters. The first-order chi connectivity index (χ1) is 18.6. The first-order valence-electron chi connectivity index (χ1n) is 11.6. The van der Waals surface area contributed by atoms with Crippen LogP contribution in [0.4, 0.5) is 13.2 Å². The number of aromatic nitrogens is 3. The zero-order valence-electron chi connectivity index (χ0n) is 21.1. The Morgan fingerprint density at radius 2 is 1.70 bits per heavy atom. The van der Waals surface area contributed by atoms with Gasteiger partial charge in [0.2, 0.25) is 0 Å². The maximum absolute atomic E-state index is 13.2. The highest BCUT2D eigenvalue weighted by molar-refractivity contribution is 7.90. The van der Waals surface area contributed by atoms with Gasteiger partial charge in [0.1, 0.15) is 12.1 Å². The lowest BCUT2D eigenvalue weighted by atomic mass is 10.0. The molecular formula is C28H23F3N3O4PS. The minimum absolute atomic E-state index is 0. The van der Waals surface area contributed by atoms with Gasteiger partial charge < -0.3 is 4.74 Å². The predicted octanol–water partition coefficient (Wildman–Crippen LogP) is 5.51. The molecule has 0 amide bonds. The largest absolute Gasteiger partial charge is 0.495 e. The standard InChI is InChI=1S/C28H20F3N3O4S.H3P/c1-38-26-15-19(18-3-2-4-21(13-18)28(29,30)31)5-8-25(26)34-24-9-7-23(14-20(24)6-10-27(34)35)39(36,37)16-22-11-12-32-17-33-22;/h2-15,17H,16H2,1H3;1H3. The van der Waals surface area contributed by atoms with Crippen LogP contribution in [0.3, 0.4) is 0 Å². The third kappa shape index (κ3) is 5.76. The van der Waals surface area contributed by atoms with Crippen molar-refractivity contribution in [1.29, 1.82) is 0 Å². The number of rotatable bonds is 6. The highest BCUT2D eigenvalue weighted by atomic mass is 32.2. The molecule has 5 rings (SSSR count). The van der Waals surface area contributed by atoms with Crippen LogP contribution in [0.5, 0.6) is 5.75 Å². The Morgan fingerprint density at radius 3 is 2.40 bits per heavy atom. The van der Waals surface area contributed by atoms with Gasteiger partial charge in [0.05, 0.1) is 40.2 Å². The number of halogens is 3. The van der Waals surface area contributed by atoms with Crippen LogP contribution < -0.4 is 10.3 Å². The Balaban J connectivity index is 0.00000370. The summed E-state index contributed by atoms with van der Waals surface area (Å²) in [5.74, 6) is -0.0640. The van der Waals surface area contributed by atoms with E-state index in [1.165, 1.54) is 66.7 Å². The highest BCUT2D eigenvalue weighted by Gasteiger charge is 2.30. The second-order valence-corrected chi connectivity index (χ2v) is 10.6. The number of methoxy groups -OCH3 is 1. The molecule has 0 N–H and O–H groups in total. The molecule has 0 spiro atoms. The van der Waals surface area contributed by atoms with Crippen molar-refractivity contribution in [2.75, 3.05) is 7.11 Å². The van der Waals surface area contributed by atoms with Crippen molar-refractivity contribution in [3.8, 4) is 22.6 Å². The average molecular weight is 586 g/mol. The molecule has 0 aliphatic rings. The van der Waals surface area contributed by atoms with Gasteiger partial charge in [0.25, 0.3) is 5.56 Å². The van der Waals surface area contributed by atoms with Crippen LogP contribution in [0.25, 0.3) is 27.7 Å². The molecule has 2 aromatic heterocycles. The number of hydrogen-bond donors (Lipinski definition) is 0. The summed E-state index contributed by atoms with van der Waals surface area (Å²) in [6, 6.07) is 18.4. The minimum atomic E-state index is -4.49. The summed E-state index contributed by atoms with van der Waals surface area (Å²) < 4.78 is 72.5. The number of fused-ring (bicyclic) bond motifs is 1. The molecule has 1 atom stereocenters. The molecule has 2 heterocycles. The Labute approximate surface area is 230 Å². The van der Waals surface area contributed by atoms with Crippen molar-refractivity contribution in [1.82, 2.24) is 14.5 Å². The van der Waals surface area contributed by atoms with E-state index in [-0.39, 0.29) is 26.3 Å². The van der Waals surface area contributed by atoms with E-state index in [4.69, 9.17) is 4.74 Å². The molecule has 0 bridgehead atoms. The number of alkyl halides is 3. The fraction of sp³-hybridized carbons (Fsp3) is 0.107. The molecule has 0 fully saturated rings. The number of ether oxygens (including phenoxy) is 1. The summed E-state index contributed by atoms with van der Waals surface area (Å²) in [6.07, 6.45) is -1.75. The average Bonchev–Trinajstić information content (AvgIpc) is 2.92. The predicted molar refractivity (Wildman–Crippen MR) is 151 cm³/mol. The van der Waals surface area contributed by atoms with Crippen LogP contribution in [-0.2, 0) is 21.8 Å². The zero-order chi connectivity index (χ0) is 27.8. The van der Waals surface area contributed by atoms with Crippen molar-refractivity contribution < 1.29 is 26.3 Å². The fourth-order valence-electron chi connectivity index (χ4n) is 4.26. The van der Waals surface area contributed by atoms with Crippen molar-refractivity contribution in [2.45, 2.75) is 16.8 Å². The van der Waals surface area contributed by atoms with E-state index >= 15 is 0 Å².